The van der Waals surface area contributed by atoms with Crippen LogP contribution >= 0.6 is 0 Å². The highest BCUT2D eigenvalue weighted by Gasteiger charge is 2.28. The minimum Gasteiger partial charge on any atom is -0.378 e. The van der Waals surface area contributed by atoms with Gasteiger partial charge in [0.05, 0.1) is 0 Å². The molecular weight excluding hydrogens is 262 g/mol. The number of hydrogen-bond acceptors (Lipinski definition) is 3. The summed E-state index contributed by atoms with van der Waals surface area (Å²) < 4.78 is 0. The summed E-state index contributed by atoms with van der Waals surface area (Å²) in [4.78, 5) is 16.9. The molecule has 0 bridgehead atoms. The maximum Gasteiger partial charge on any atom is 0.254 e. The van der Waals surface area contributed by atoms with Gasteiger partial charge in [0.1, 0.15) is 0 Å². The molecule has 1 fully saturated rings. The predicted molar refractivity (Wildman–Crippen MR) is 87.9 cm³/mol. The molecule has 0 saturated carbocycles. The summed E-state index contributed by atoms with van der Waals surface area (Å²) in [5.74, 6) is 0.614. The molecule has 4 nitrogen and oxygen atoms in total. The smallest absolute Gasteiger partial charge is 0.254 e. The van der Waals surface area contributed by atoms with Crippen molar-refractivity contribution in [3.63, 3.8) is 0 Å². The average molecular weight is 289 g/mol. The van der Waals surface area contributed by atoms with Gasteiger partial charge in [-0.2, -0.15) is 0 Å². The molecule has 0 spiro atoms. The summed E-state index contributed by atoms with van der Waals surface area (Å²) >= 11 is 0. The van der Waals surface area contributed by atoms with Gasteiger partial charge < -0.3 is 15.1 Å². The summed E-state index contributed by atoms with van der Waals surface area (Å²) in [6, 6.07) is 8.16. The molecule has 1 saturated heterocycles. The van der Waals surface area contributed by atoms with E-state index in [9.17, 15) is 4.79 Å². The molecule has 21 heavy (non-hydrogen) atoms. The van der Waals surface area contributed by atoms with E-state index >= 15 is 0 Å². The molecule has 2 rings (SSSR count). The van der Waals surface area contributed by atoms with Crippen molar-refractivity contribution in [1.82, 2.24) is 10.2 Å². The Kier molecular flexibility index (Phi) is 5.23. The van der Waals surface area contributed by atoms with Gasteiger partial charge in [0.25, 0.3) is 5.91 Å². The van der Waals surface area contributed by atoms with Crippen LogP contribution in [-0.4, -0.2) is 50.6 Å². The van der Waals surface area contributed by atoms with Gasteiger partial charge in [-0.05, 0) is 43.1 Å². The Bertz CT molecular complexity index is 467. The van der Waals surface area contributed by atoms with Gasteiger partial charge in [-0.3, -0.25) is 4.79 Å². The number of rotatable bonds is 3. The highest BCUT2D eigenvalue weighted by Crippen LogP contribution is 2.19. The number of hydrogen-bond donors (Lipinski definition) is 1. The van der Waals surface area contributed by atoms with Gasteiger partial charge in [0, 0.05) is 44.5 Å². The van der Waals surface area contributed by atoms with Crippen LogP contribution in [0.3, 0.4) is 0 Å². The van der Waals surface area contributed by atoms with Crippen LogP contribution in [0.25, 0.3) is 0 Å². The Morgan fingerprint density at radius 2 is 1.95 bits per heavy atom. The van der Waals surface area contributed by atoms with Crippen LogP contribution in [0.2, 0.25) is 0 Å². The Balaban J connectivity index is 2.19. The molecule has 1 aliphatic rings. The number of carbonyl (C=O) groups excluding carboxylic acids is 1. The molecule has 1 aromatic carbocycles. The van der Waals surface area contributed by atoms with E-state index in [2.05, 4.69) is 24.1 Å². The van der Waals surface area contributed by atoms with E-state index in [0.29, 0.717) is 5.92 Å². The number of nitrogens with one attached hydrogen (secondary N) is 1. The van der Waals surface area contributed by atoms with Crippen molar-refractivity contribution in [2.24, 2.45) is 5.92 Å². The number of benzene rings is 1. The van der Waals surface area contributed by atoms with Gasteiger partial charge in [-0.1, -0.05) is 13.8 Å². The lowest BCUT2D eigenvalue weighted by atomic mass is 10.0. The molecule has 0 aromatic heterocycles. The molecule has 4 heteroatoms. The maximum absolute atomic E-state index is 12.8. The van der Waals surface area contributed by atoms with Crippen LogP contribution in [0.1, 0.15) is 30.6 Å². The van der Waals surface area contributed by atoms with E-state index in [1.165, 1.54) is 0 Å². The van der Waals surface area contributed by atoms with Crippen molar-refractivity contribution < 1.29 is 4.79 Å². The lowest BCUT2D eigenvalue weighted by Crippen LogP contribution is -2.46. The highest BCUT2D eigenvalue weighted by atomic mass is 16.2. The standard InChI is InChI=1S/C17H27N3O/c1-13(2)16-12-18-10-5-11-20(16)17(21)14-6-8-15(9-7-14)19(3)4/h6-9,13,16,18H,5,10-12H2,1-4H3. The van der Waals surface area contributed by atoms with E-state index in [-0.39, 0.29) is 11.9 Å². The monoisotopic (exact) mass is 289 g/mol. The fraction of sp³-hybridized carbons (Fsp3) is 0.588. The lowest BCUT2D eigenvalue weighted by molar-refractivity contribution is 0.0646. The van der Waals surface area contributed by atoms with Crippen molar-refractivity contribution in [3.8, 4) is 0 Å². The zero-order valence-corrected chi connectivity index (χ0v) is 13.6. The first-order chi connectivity index (χ1) is 10.0. The topological polar surface area (TPSA) is 35.6 Å². The van der Waals surface area contributed by atoms with Gasteiger partial charge in [0.15, 0.2) is 0 Å². The highest BCUT2D eigenvalue weighted by molar-refractivity contribution is 5.94. The van der Waals surface area contributed by atoms with Crippen molar-refractivity contribution in [3.05, 3.63) is 29.8 Å². The first-order valence-corrected chi connectivity index (χ1v) is 7.79. The Labute approximate surface area is 128 Å². The summed E-state index contributed by atoms with van der Waals surface area (Å²) in [5.41, 5.74) is 1.90. The lowest BCUT2D eigenvalue weighted by Gasteiger charge is -2.32. The van der Waals surface area contributed by atoms with E-state index in [0.717, 1.165) is 37.3 Å². The van der Waals surface area contributed by atoms with Crippen LogP contribution in [0.5, 0.6) is 0 Å². The molecule has 1 aromatic rings. The molecule has 1 aliphatic heterocycles. The Morgan fingerprint density at radius 1 is 1.29 bits per heavy atom. The zero-order chi connectivity index (χ0) is 15.4. The fourth-order valence-corrected chi connectivity index (χ4v) is 2.82. The maximum atomic E-state index is 12.8. The van der Waals surface area contributed by atoms with Crippen LogP contribution in [0, 0.1) is 5.92 Å². The van der Waals surface area contributed by atoms with Crippen LogP contribution in [-0.2, 0) is 0 Å². The minimum atomic E-state index is 0.155. The summed E-state index contributed by atoms with van der Waals surface area (Å²) in [6.45, 7) is 7.09. The van der Waals surface area contributed by atoms with Gasteiger partial charge in [0.2, 0.25) is 0 Å². The Morgan fingerprint density at radius 3 is 2.52 bits per heavy atom. The van der Waals surface area contributed by atoms with E-state index in [4.69, 9.17) is 0 Å². The quantitative estimate of drug-likeness (QED) is 0.927. The van der Waals surface area contributed by atoms with Crippen molar-refractivity contribution in [1.29, 1.82) is 0 Å². The van der Waals surface area contributed by atoms with Crippen LogP contribution in [0.15, 0.2) is 24.3 Å². The van der Waals surface area contributed by atoms with Gasteiger partial charge in [-0.25, -0.2) is 0 Å². The van der Waals surface area contributed by atoms with Gasteiger partial charge in [-0.15, -0.1) is 0 Å². The predicted octanol–water partition coefficient (Wildman–Crippen LogP) is 2.21. The molecule has 1 N–H and O–H groups in total. The van der Waals surface area contributed by atoms with Crippen molar-refractivity contribution >= 4 is 11.6 Å². The number of nitrogens with zero attached hydrogens (tertiary/aromatic N) is 2. The van der Waals surface area contributed by atoms with Crippen LogP contribution < -0.4 is 10.2 Å². The third-order valence-corrected chi connectivity index (χ3v) is 4.17. The second kappa shape index (κ2) is 6.94. The largest absolute Gasteiger partial charge is 0.378 e. The average Bonchev–Trinajstić information content (AvgIpc) is 2.72. The van der Waals surface area contributed by atoms with E-state index in [1.54, 1.807) is 0 Å². The first-order valence-electron chi connectivity index (χ1n) is 7.79. The second-order valence-electron chi connectivity index (χ2n) is 6.31. The van der Waals surface area contributed by atoms with E-state index in [1.807, 2.05) is 43.3 Å². The normalized spacial score (nSPS) is 19.5. The number of anilines is 1. The van der Waals surface area contributed by atoms with Gasteiger partial charge >= 0.3 is 0 Å². The number of amides is 1. The molecule has 1 amide bonds. The zero-order valence-electron chi connectivity index (χ0n) is 13.6. The molecule has 1 atom stereocenters. The molecule has 116 valence electrons. The molecule has 0 radical (unpaired) electrons. The summed E-state index contributed by atoms with van der Waals surface area (Å²) in [7, 11) is 4.01. The molecule has 0 aliphatic carbocycles. The summed E-state index contributed by atoms with van der Waals surface area (Å²) in [6.07, 6.45) is 1.02. The fourth-order valence-electron chi connectivity index (χ4n) is 2.82. The van der Waals surface area contributed by atoms with Crippen molar-refractivity contribution in [2.45, 2.75) is 26.3 Å². The Hall–Kier alpha value is -1.55. The van der Waals surface area contributed by atoms with E-state index < -0.39 is 0 Å². The summed E-state index contributed by atoms with van der Waals surface area (Å²) in [5, 5.41) is 3.44. The van der Waals surface area contributed by atoms with Crippen molar-refractivity contribution in [2.75, 3.05) is 38.6 Å². The third kappa shape index (κ3) is 3.76. The molecule has 1 heterocycles. The first kappa shape index (κ1) is 15.8. The van der Waals surface area contributed by atoms with Crippen LogP contribution in [0.4, 0.5) is 5.69 Å². The molecular formula is C17H27N3O. The minimum absolute atomic E-state index is 0.155. The third-order valence-electron chi connectivity index (χ3n) is 4.17. The second-order valence-corrected chi connectivity index (χ2v) is 6.31. The number of carbonyl (C=O) groups is 1. The molecule has 1 unspecified atom stereocenters. The SMILES string of the molecule is CC(C)C1CNCCCN1C(=O)c1ccc(N(C)C)cc1.